The minimum atomic E-state index is 0.291. The number of nitrogens with one attached hydrogen (secondary N) is 2. The van der Waals surface area contributed by atoms with Crippen LogP contribution in [0.25, 0.3) is 0 Å². The number of hydrogen-bond acceptors (Lipinski definition) is 4. The molecular formula is C15H16N4O. The molecule has 0 aliphatic rings. The average molecular weight is 268 g/mol. The predicted molar refractivity (Wildman–Crippen MR) is 81.6 cm³/mol. The predicted octanol–water partition coefficient (Wildman–Crippen LogP) is 3.18. The number of hydrazone groups is 1. The Labute approximate surface area is 117 Å². The maximum absolute atomic E-state index is 9.17. The average Bonchev–Trinajstić information content (AvgIpc) is 2.52. The number of hydroxylamine groups is 1. The van der Waals surface area contributed by atoms with E-state index in [4.69, 9.17) is 5.21 Å². The molecule has 3 N–H and O–H groups in total. The second-order valence-corrected chi connectivity index (χ2v) is 4.08. The van der Waals surface area contributed by atoms with E-state index in [9.17, 15) is 0 Å². The zero-order valence-electron chi connectivity index (χ0n) is 11.1. The van der Waals surface area contributed by atoms with Crippen LogP contribution in [0.15, 0.2) is 70.8 Å². The van der Waals surface area contributed by atoms with Gasteiger partial charge in [0.2, 0.25) is 0 Å². The first-order valence-corrected chi connectivity index (χ1v) is 6.19. The molecule has 5 nitrogen and oxygen atoms in total. The molecule has 0 aliphatic carbocycles. The van der Waals surface area contributed by atoms with Crippen LogP contribution in [0, 0.1) is 0 Å². The van der Waals surface area contributed by atoms with E-state index in [1.807, 2.05) is 60.7 Å². The summed E-state index contributed by atoms with van der Waals surface area (Å²) in [7, 11) is 0. The highest BCUT2D eigenvalue weighted by molar-refractivity contribution is 6.40. The lowest BCUT2D eigenvalue weighted by Crippen LogP contribution is -2.27. The van der Waals surface area contributed by atoms with Crippen LogP contribution < -0.4 is 10.9 Å². The van der Waals surface area contributed by atoms with Gasteiger partial charge in [-0.25, -0.2) is 4.99 Å². The van der Waals surface area contributed by atoms with Crippen molar-refractivity contribution in [2.75, 3.05) is 5.43 Å². The molecule has 0 atom stereocenters. The van der Waals surface area contributed by atoms with E-state index in [2.05, 4.69) is 21.0 Å². The minimum absolute atomic E-state index is 0.291. The lowest BCUT2D eigenvalue weighted by molar-refractivity contribution is 0.236. The standard InChI is InChI=1S/C15H16N4O/c1-12(17-18-14-10-6-3-7-11-14)15(19-20)16-13-8-4-2-5-9-13/h2-11,18,20H,1H3,(H,16,19). The highest BCUT2D eigenvalue weighted by atomic mass is 16.5. The fourth-order valence-electron chi connectivity index (χ4n) is 1.53. The fraction of sp³-hybridized carbons (Fsp3) is 0.0667. The molecule has 2 aromatic rings. The number of benzene rings is 2. The zero-order valence-corrected chi connectivity index (χ0v) is 11.1. The van der Waals surface area contributed by atoms with Crippen molar-refractivity contribution in [2.45, 2.75) is 6.92 Å². The first-order valence-electron chi connectivity index (χ1n) is 6.19. The van der Waals surface area contributed by atoms with Crippen molar-refractivity contribution in [1.82, 2.24) is 5.48 Å². The van der Waals surface area contributed by atoms with Crippen molar-refractivity contribution in [2.24, 2.45) is 10.1 Å². The Morgan fingerprint density at radius 1 is 0.950 bits per heavy atom. The molecule has 5 heteroatoms. The Bertz CT molecular complexity index is 594. The van der Waals surface area contributed by atoms with Gasteiger partial charge >= 0.3 is 0 Å². The highest BCUT2D eigenvalue weighted by Crippen LogP contribution is 2.10. The first kappa shape index (κ1) is 13.8. The van der Waals surface area contributed by atoms with Gasteiger partial charge in [0.1, 0.15) is 5.71 Å². The summed E-state index contributed by atoms with van der Waals surface area (Å²) < 4.78 is 0. The summed E-state index contributed by atoms with van der Waals surface area (Å²) in [4.78, 5) is 4.27. The van der Waals surface area contributed by atoms with Crippen LogP contribution >= 0.6 is 0 Å². The number of anilines is 1. The van der Waals surface area contributed by atoms with Crippen molar-refractivity contribution in [3.05, 3.63) is 60.7 Å². The van der Waals surface area contributed by atoms with Crippen LogP contribution in [0.2, 0.25) is 0 Å². The van der Waals surface area contributed by atoms with Crippen LogP contribution in [-0.2, 0) is 0 Å². The molecule has 20 heavy (non-hydrogen) atoms. The van der Waals surface area contributed by atoms with Gasteiger partial charge in [-0.2, -0.15) is 5.10 Å². The summed E-state index contributed by atoms with van der Waals surface area (Å²) in [6.07, 6.45) is 0. The number of aliphatic imine (C=N–C) groups is 1. The van der Waals surface area contributed by atoms with Gasteiger partial charge in [0.15, 0.2) is 5.84 Å². The SMILES string of the molecule is CC(=NNc1ccccc1)C(=Nc1ccccc1)NO. The largest absolute Gasteiger partial charge is 0.290 e. The van der Waals surface area contributed by atoms with Crippen molar-refractivity contribution < 1.29 is 5.21 Å². The van der Waals surface area contributed by atoms with E-state index in [-0.39, 0.29) is 0 Å². The van der Waals surface area contributed by atoms with Crippen molar-refractivity contribution in [1.29, 1.82) is 0 Å². The summed E-state index contributed by atoms with van der Waals surface area (Å²) in [5.74, 6) is 0.291. The van der Waals surface area contributed by atoms with Gasteiger partial charge in [0.25, 0.3) is 0 Å². The molecule has 0 amide bonds. The van der Waals surface area contributed by atoms with E-state index in [0.29, 0.717) is 11.5 Å². The molecule has 2 rings (SSSR count). The summed E-state index contributed by atoms with van der Waals surface area (Å²) >= 11 is 0. The molecule has 0 saturated heterocycles. The molecule has 0 heterocycles. The van der Waals surface area contributed by atoms with Gasteiger partial charge in [0.05, 0.1) is 11.4 Å². The van der Waals surface area contributed by atoms with Gasteiger partial charge in [-0.1, -0.05) is 36.4 Å². The maximum atomic E-state index is 9.17. The Hall–Kier alpha value is -2.66. The Balaban J connectivity index is 2.13. The Morgan fingerprint density at radius 2 is 1.55 bits per heavy atom. The van der Waals surface area contributed by atoms with E-state index < -0.39 is 0 Å². The summed E-state index contributed by atoms with van der Waals surface area (Å²) in [5, 5.41) is 13.3. The smallest absolute Gasteiger partial charge is 0.173 e. The third-order valence-electron chi connectivity index (χ3n) is 2.57. The number of nitrogens with zero attached hydrogens (tertiary/aromatic N) is 2. The highest BCUT2D eigenvalue weighted by Gasteiger charge is 2.02. The molecule has 102 valence electrons. The van der Waals surface area contributed by atoms with Gasteiger partial charge in [-0.05, 0) is 31.2 Å². The Morgan fingerprint density at radius 3 is 2.15 bits per heavy atom. The number of hydrogen-bond donors (Lipinski definition) is 3. The molecular weight excluding hydrogens is 252 g/mol. The molecule has 0 unspecified atom stereocenters. The molecule has 0 aliphatic heterocycles. The van der Waals surface area contributed by atoms with E-state index >= 15 is 0 Å². The van der Waals surface area contributed by atoms with Crippen LogP contribution in [0.3, 0.4) is 0 Å². The lowest BCUT2D eigenvalue weighted by atomic mass is 10.3. The maximum Gasteiger partial charge on any atom is 0.173 e. The first-order chi connectivity index (χ1) is 9.79. The third-order valence-corrected chi connectivity index (χ3v) is 2.57. The van der Waals surface area contributed by atoms with Gasteiger partial charge in [-0.3, -0.25) is 16.1 Å². The molecule has 0 fully saturated rings. The van der Waals surface area contributed by atoms with E-state index in [1.54, 1.807) is 6.92 Å². The van der Waals surface area contributed by atoms with Crippen LogP contribution in [-0.4, -0.2) is 16.8 Å². The number of rotatable bonds is 4. The van der Waals surface area contributed by atoms with Crippen molar-refractivity contribution in [3.63, 3.8) is 0 Å². The second-order valence-electron chi connectivity index (χ2n) is 4.08. The normalized spacial score (nSPS) is 12.1. The molecule has 0 aromatic heterocycles. The quantitative estimate of drug-likeness (QED) is 0.453. The van der Waals surface area contributed by atoms with Crippen molar-refractivity contribution in [3.8, 4) is 0 Å². The van der Waals surface area contributed by atoms with Crippen LogP contribution in [0.5, 0.6) is 0 Å². The van der Waals surface area contributed by atoms with Gasteiger partial charge in [-0.15, -0.1) is 0 Å². The topological polar surface area (TPSA) is 69.0 Å². The molecule has 0 spiro atoms. The lowest BCUT2D eigenvalue weighted by Gasteiger charge is -2.05. The fourth-order valence-corrected chi connectivity index (χ4v) is 1.53. The number of amidine groups is 1. The molecule has 0 saturated carbocycles. The third kappa shape index (κ3) is 3.93. The van der Waals surface area contributed by atoms with Crippen LogP contribution in [0.4, 0.5) is 11.4 Å². The summed E-state index contributed by atoms with van der Waals surface area (Å²) in [6, 6.07) is 18.9. The number of para-hydroxylation sites is 2. The molecule has 2 aromatic carbocycles. The van der Waals surface area contributed by atoms with Gasteiger partial charge in [0, 0.05) is 0 Å². The second kappa shape index (κ2) is 7.06. The molecule has 0 radical (unpaired) electrons. The van der Waals surface area contributed by atoms with Crippen molar-refractivity contribution >= 4 is 22.9 Å². The monoisotopic (exact) mass is 268 g/mol. The summed E-state index contributed by atoms with van der Waals surface area (Å²) in [5.41, 5.74) is 7.11. The summed E-state index contributed by atoms with van der Waals surface area (Å²) in [6.45, 7) is 1.75. The van der Waals surface area contributed by atoms with Crippen LogP contribution in [0.1, 0.15) is 6.92 Å². The van der Waals surface area contributed by atoms with Gasteiger partial charge < -0.3 is 0 Å². The Kier molecular flexibility index (Phi) is 4.86. The zero-order chi connectivity index (χ0) is 14.2. The molecule has 0 bridgehead atoms. The van der Waals surface area contributed by atoms with E-state index in [1.165, 1.54) is 0 Å². The van der Waals surface area contributed by atoms with E-state index in [0.717, 1.165) is 11.4 Å². The minimum Gasteiger partial charge on any atom is -0.290 e.